The molecule has 2 amide bonds. The molecule has 2 N–H and O–H groups in total. The van der Waals surface area contributed by atoms with Crippen LogP contribution in [0.2, 0.25) is 0 Å². The van der Waals surface area contributed by atoms with E-state index >= 15 is 0 Å². The Kier molecular flexibility index (Phi) is 8.92. The molecule has 0 aromatic heterocycles. The Balaban J connectivity index is 1.53. The van der Waals surface area contributed by atoms with Gasteiger partial charge in [-0.3, -0.25) is 24.8 Å². The summed E-state index contributed by atoms with van der Waals surface area (Å²) >= 11 is 0. The minimum atomic E-state index is -0.531. The summed E-state index contributed by atoms with van der Waals surface area (Å²) in [5.41, 5.74) is 5.99. The van der Waals surface area contributed by atoms with Crippen LogP contribution in [-0.4, -0.2) is 36.8 Å². The quantitative estimate of drug-likeness (QED) is 0.311. The molecule has 37 heavy (non-hydrogen) atoms. The average molecular weight is 500 g/mol. The fourth-order valence-electron chi connectivity index (χ4n) is 4.54. The minimum absolute atomic E-state index is 0.0266. The van der Waals surface area contributed by atoms with Crippen molar-refractivity contribution in [1.29, 1.82) is 0 Å². The molecule has 3 aromatic rings. The number of anilines is 1. The Hall–Kier alpha value is -4.13. The third-order valence-corrected chi connectivity index (χ3v) is 6.40. The molecule has 0 fully saturated rings. The topological polar surface area (TPSA) is 87.7 Å². The number of ketones is 1. The molecule has 3 aromatic carbocycles. The average Bonchev–Trinajstić information content (AvgIpc) is 3.10. The fourth-order valence-corrected chi connectivity index (χ4v) is 4.54. The maximum Gasteiger partial charge on any atom is 0.273 e. The number of fused-ring (bicyclic) bond motifs is 1. The van der Waals surface area contributed by atoms with Crippen molar-refractivity contribution < 1.29 is 19.1 Å². The first-order valence-electron chi connectivity index (χ1n) is 12.8. The summed E-state index contributed by atoms with van der Waals surface area (Å²) in [4.78, 5) is 38.2. The van der Waals surface area contributed by atoms with Crippen LogP contribution in [0.3, 0.4) is 0 Å². The molecule has 0 spiro atoms. The highest BCUT2D eigenvalue weighted by Crippen LogP contribution is 2.30. The summed E-state index contributed by atoms with van der Waals surface area (Å²) in [6, 6.07) is 23.7. The number of benzene rings is 3. The predicted octanol–water partition coefficient (Wildman–Crippen LogP) is 4.72. The van der Waals surface area contributed by atoms with Gasteiger partial charge in [-0.2, -0.15) is 0 Å². The highest BCUT2D eigenvalue weighted by Gasteiger charge is 2.32. The molecular formula is C30H33N3O4. The normalized spacial score (nSPS) is 14.7. The number of hydrogen-bond donors (Lipinski definition) is 2. The van der Waals surface area contributed by atoms with E-state index in [1.165, 1.54) is 6.92 Å². The van der Waals surface area contributed by atoms with E-state index in [0.717, 1.165) is 36.9 Å². The molecule has 1 heterocycles. The van der Waals surface area contributed by atoms with E-state index < -0.39 is 6.04 Å². The zero-order valence-electron chi connectivity index (χ0n) is 21.1. The van der Waals surface area contributed by atoms with Crippen LogP contribution in [0, 0.1) is 0 Å². The van der Waals surface area contributed by atoms with Crippen LogP contribution in [-0.2, 0) is 11.2 Å². The van der Waals surface area contributed by atoms with Crippen molar-refractivity contribution in [2.45, 2.75) is 45.1 Å². The summed E-state index contributed by atoms with van der Waals surface area (Å²) < 4.78 is 5.93. The number of carbonyl (C=O) groups excluding carboxylic acids is 3. The zero-order valence-corrected chi connectivity index (χ0v) is 21.1. The summed E-state index contributed by atoms with van der Waals surface area (Å²) in [5.74, 6) is 0.0633. The minimum Gasteiger partial charge on any atom is -0.493 e. The first-order chi connectivity index (χ1) is 18.0. The fraction of sp³-hybridized carbons (Fsp3) is 0.300. The maximum atomic E-state index is 13.6. The molecule has 4 rings (SSSR count). The predicted molar refractivity (Wildman–Crippen MR) is 144 cm³/mol. The van der Waals surface area contributed by atoms with Gasteiger partial charge in [0.1, 0.15) is 11.8 Å². The van der Waals surface area contributed by atoms with E-state index in [0.29, 0.717) is 36.4 Å². The summed E-state index contributed by atoms with van der Waals surface area (Å²) in [6.07, 6.45) is 3.81. The maximum absolute atomic E-state index is 13.6. The number of hydrogen-bond acceptors (Lipinski definition) is 5. The third kappa shape index (κ3) is 6.76. The SMILES string of the molecule is CC(=O)NCCCCOc1ccccc1C(=O)NN1c2ccccc2CCCC1C(=O)c1ccccc1. The Morgan fingerprint density at radius 1 is 0.919 bits per heavy atom. The second-order valence-corrected chi connectivity index (χ2v) is 9.11. The lowest BCUT2D eigenvalue weighted by atomic mass is 9.99. The molecule has 1 aliphatic heterocycles. The summed E-state index contributed by atoms with van der Waals surface area (Å²) in [7, 11) is 0. The Labute approximate surface area is 217 Å². The van der Waals surface area contributed by atoms with E-state index in [-0.39, 0.29) is 17.6 Å². The molecular weight excluding hydrogens is 466 g/mol. The molecule has 1 aliphatic rings. The van der Waals surface area contributed by atoms with Crippen molar-refractivity contribution >= 4 is 23.3 Å². The molecule has 0 bridgehead atoms. The standard InChI is InChI=1S/C30H33N3O4/c1-22(34)31-20-9-10-21-37-28-19-8-6-16-25(28)30(36)32-33-26-17-7-5-12-23(26)15-11-18-27(33)29(35)24-13-3-2-4-14-24/h2-8,12-14,16-17,19,27H,9-11,15,18,20-21H2,1H3,(H,31,34)(H,32,36). The van der Waals surface area contributed by atoms with Crippen molar-refractivity contribution in [3.05, 3.63) is 95.6 Å². The molecule has 0 aliphatic carbocycles. The van der Waals surface area contributed by atoms with Gasteiger partial charge in [-0.1, -0.05) is 60.7 Å². The van der Waals surface area contributed by atoms with Crippen molar-refractivity contribution in [3.63, 3.8) is 0 Å². The number of para-hydroxylation sites is 2. The van der Waals surface area contributed by atoms with Gasteiger partial charge in [0.2, 0.25) is 5.91 Å². The number of unbranched alkanes of at least 4 members (excludes halogenated alkanes) is 1. The number of nitrogens with one attached hydrogen (secondary N) is 2. The van der Waals surface area contributed by atoms with Gasteiger partial charge in [-0.15, -0.1) is 0 Å². The van der Waals surface area contributed by atoms with Crippen LogP contribution in [0.15, 0.2) is 78.9 Å². The summed E-state index contributed by atoms with van der Waals surface area (Å²) in [5, 5.41) is 4.51. The van der Waals surface area contributed by atoms with Gasteiger partial charge < -0.3 is 10.1 Å². The smallest absolute Gasteiger partial charge is 0.273 e. The second kappa shape index (κ2) is 12.7. The van der Waals surface area contributed by atoms with E-state index in [2.05, 4.69) is 10.7 Å². The van der Waals surface area contributed by atoms with Gasteiger partial charge in [-0.05, 0) is 55.9 Å². The van der Waals surface area contributed by atoms with Crippen molar-refractivity contribution in [2.24, 2.45) is 0 Å². The molecule has 7 nitrogen and oxygen atoms in total. The number of carbonyl (C=O) groups is 3. The molecule has 0 radical (unpaired) electrons. The molecule has 1 atom stereocenters. The molecule has 0 saturated carbocycles. The number of hydrazine groups is 1. The van der Waals surface area contributed by atoms with Gasteiger partial charge in [-0.25, -0.2) is 0 Å². The molecule has 7 heteroatoms. The Morgan fingerprint density at radius 3 is 2.46 bits per heavy atom. The molecule has 1 unspecified atom stereocenters. The van der Waals surface area contributed by atoms with Crippen LogP contribution < -0.4 is 20.5 Å². The van der Waals surface area contributed by atoms with E-state index in [1.54, 1.807) is 23.2 Å². The lowest BCUT2D eigenvalue weighted by molar-refractivity contribution is -0.118. The van der Waals surface area contributed by atoms with Gasteiger partial charge in [0.05, 0.1) is 17.9 Å². The number of Topliss-reactive ketones (excluding diaryl/α,β-unsaturated/α-hetero) is 1. The highest BCUT2D eigenvalue weighted by molar-refractivity contribution is 6.04. The Bertz CT molecular complexity index is 1230. The second-order valence-electron chi connectivity index (χ2n) is 9.11. The molecule has 0 saturated heterocycles. The number of amides is 2. The van der Waals surface area contributed by atoms with Crippen LogP contribution in [0.1, 0.15) is 58.9 Å². The first kappa shape index (κ1) is 25.9. The lowest BCUT2D eigenvalue weighted by Gasteiger charge is -2.32. The highest BCUT2D eigenvalue weighted by atomic mass is 16.5. The summed E-state index contributed by atoms with van der Waals surface area (Å²) in [6.45, 7) is 2.50. The number of rotatable bonds is 10. The van der Waals surface area contributed by atoms with E-state index in [9.17, 15) is 14.4 Å². The zero-order chi connectivity index (χ0) is 26.0. The van der Waals surface area contributed by atoms with Gasteiger partial charge in [0, 0.05) is 19.0 Å². The first-order valence-corrected chi connectivity index (χ1v) is 12.8. The Morgan fingerprint density at radius 2 is 1.65 bits per heavy atom. The van der Waals surface area contributed by atoms with Crippen LogP contribution >= 0.6 is 0 Å². The van der Waals surface area contributed by atoms with Crippen molar-refractivity contribution in [3.8, 4) is 5.75 Å². The van der Waals surface area contributed by atoms with Crippen molar-refractivity contribution in [1.82, 2.24) is 10.7 Å². The van der Waals surface area contributed by atoms with Crippen LogP contribution in [0.4, 0.5) is 5.69 Å². The third-order valence-electron chi connectivity index (χ3n) is 6.40. The van der Waals surface area contributed by atoms with Crippen molar-refractivity contribution in [2.75, 3.05) is 18.2 Å². The lowest BCUT2D eigenvalue weighted by Crippen LogP contribution is -2.52. The van der Waals surface area contributed by atoms with Gasteiger partial charge in [0.25, 0.3) is 5.91 Å². The number of aryl methyl sites for hydroxylation is 1. The largest absolute Gasteiger partial charge is 0.493 e. The number of nitrogens with zero attached hydrogens (tertiary/aromatic N) is 1. The van der Waals surface area contributed by atoms with Gasteiger partial charge >= 0.3 is 0 Å². The number of ether oxygens (including phenoxy) is 1. The van der Waals surface area contributed by atoms with E-state index in [4.69, 9.17) is 4.74 Å². The monoisotopic (exact) mass is 499 g/mol. The van der Waals surface area contributed by atoms with E-state index in [1.807, 2.05) is 60.7 Å². The van der Waals surface area contributed by atoms with Crippen LogP contribution in [0.25, 0.3) is 0 Å². The van der Waals surface area contributed by atoms with Crippen LogP contribution in [0.5, 0.6) is 5.75 Å². The van der Waals surface area contributed by atoms with Gasteiger partial charge in [0.15, 0.2) is 5.78 Å². The molecule has 192 valence electrons.